The van der Waals surface area contributed by atoms with Crippen LogP contribution in [-0.4, -0.2) is 35.8 Å². The fourth-order valence-corrected chi connectivity index (χ4v) is 2.53. The van der Waals surface area contributed by atoms with E-state index in [2.05, 4.69) is 10.3 Å². The van der Waals surface area contributed by atoms with Gasteiger partial charge in [-0.05, 0) is 18.8 Å². The number of nitrogens with zero attached hydrogens (tertiary/aromatic N) is 1. The highest BCUT2D eigenvalue weighted by atomic mass is 32.1. The fourth-order valence-electron chi connectivity index (χ4n) is 1.81. The van der Waals surface area contributed by atoms with Gasteiger partial charge in [-0.1, -0.05) is 0 Å². The average molecular weight is 256 g/mol. The Hall–Kier alpha value is -1.14. The van der Waals surface area contributed by atoms with Crippen LogP contribution in [0.3, 0.4) is 0 Å². The third-order valence-corrected chi connectivity index (χ3v) is 3.62. The number of aromatic nitrogens is 1. The molecule has 0 amide bonds. The molecular weight excluding hydrogens is 240 g/mol. The van der Waals surface area contributed by atoms with Crippen molar-refractivity contribution in [3.63, 3.8) is 0 Å². The summed E-state index contributed by atoms with van der Waals surface area (Å²) in [5.74, 6) is -0.207. The molecule has 1 saturated heterocycles. The van der Waals surface area contributed by atoms with Crippen molar-refractivity contribution in [1.29, 1.82) is 0 Å². The van der Waals surface area contributed by atoms with Crippen molar-refractivity contribution < 1.29 is 14.6 Å². The molecule has 1 aliphatic rings. The van der Waals surface area contributed by atoms with Crippen LogP contribution in [0.15, 0.2) is 5.38 Å². The molecule has 1 aromatic heterocycles. The number of carbonyl (C=O) groups is 1. The lowest BCUT2D eigenvalue weighted by Gasteiger charge is -2.21. The highest BCUT2D eigenvalue weighted by molar-refractivity contribution is 7.13. The van der Waals surface area contributed by atoms with Gasteiger partial charge in [0.1, 0.15) is 0 Å². The van der Waals surface area contributed by atoms with Crippen LogP contribution in [0.2, 0.25) is 0 Å². The molecule has 1 aliphatic heterocycles. The first-order valence-corrected chi connectivity index (χ1v) is 6.60. The molecule has 2 rings (SSSR count). The number of ether oxygens (including phenoxy) is 1. The second-order valence-corrected chi connectivity index (χ2v) is 5.01. The number of aliphatic carboxylic acids is 1. The van der Waals surface area contributed by atoms with Crippen LogP contribution >= 0.6 is 11.3 Å². The van der Waals surface area contributed by atoms with E-state index < -0.39 is 5.97 Å². The van der Waals surface area contributed by atoms with E-state index in [1.165, 1.54) is 11.3 Å². The lowest BCUT2D eigenvalue weighted by Crippen LogP contribution is -2.22. The van der Waals surface area contributed by atoms with Crippen molar-refractivity contribution >= 4 is 22.4 Å². The molecule has 6 heteroatoms. The van der Waals surface area contributed by atoms with E-state index in [1.807, 2.05) is 0 Å². The zero-order chi connectivity index (χ0) is 12.1. The summed E-state index contributed by atoms with van der Waals surface area (Å²) in [6.45, 7) is 2.58. The van der Waals surface area contributed by atoms with Crippen LogP contribution < -0.4 is 5.32 Å². The second kappa shape index (κ2) is 5.97. The maximum absolute atomic E-state index is 10.5. The third-order valence-electron chi connectivity index (χ3n) is 2.77. The molecule has 0 aromatic carbocycles. The maximum atomic E-state index is 10.5. The van der Waals surface area contributed by atoms with E-state index in [1.54, 1.807) is 5.38 Å². The Morgan fingerprint density at radius 1 is 1.59 bits per heavy atom. The summed E-state index contributed by atoms with van der Waals surface area (Å²) in [5.41, 5.74) is 0.622. The van der Waals surface area contributed by atoms with Crippen LogP contribution in [0.5, 0.6) is 0 Å². The number of hydrogen-bond acceptors (Lipinski definition) is 5. The first-order chi connectivity index (χ1) is 8.24. The summed E-state index contributed by atoms with van der Waals surface area (Å²) in [6, 6.07) is 0. The molecule has 0 unspecified atom stereocenters. The summed E-state index contributed by atoms with van der Waals surface area (Å²) in [6.07, 6.45) is 2.16. The number of rotatable bonds is 5. The Balaban J connectivity index is 1.78. The number of hydrogen-bond donors (Lipinski definition) is 2. The highest BCUT2D eigenvalue weighted by Gasteiger charge is 2.14. The van der Waals surface area contributed by atoms with Crippen molar-refractivity contribution in [3.8, 4) is 0 Å². The molecule has 0 atom stereocenters. The topological polar surface area (TPSA) is 71.5 Å². The molecule has 2 N–H and O–H groups in total. The van der Waals surface area contributed by atoms with E-state index >= 15 is 0 Å². The summed E-state index contributed by atoms with van der Waals surface area (Å²) < 4.78 is 5.29. The first kappa shape index (κ1) is 12.3. The van der Waals surface area contributed by atoms with Crippen molar-refractivity contribution in [2.24, 2.45) is 5.92 Å². The van der Waals surface area contributed by atoms with E-state index in [0.717, 1.165) is 37.7 Å². The van der Waals surface area contributed by atoms with Gasteiger partial charge in [0, 0.05) is 25.1 Å². The average Bonchev–Trinajstić information content (AvgIpc) is 2.75. The lowest BCUT2D eigenvalue weighted by atomic mass is 10.0. The van der Waals surface area contributed by atoms with Gasteiger partial charge >= 0.3 is 5.97 Å². The molecule has 2 heterocycles. The zero-order valence-corrected chi connectivity index (χ0v) is 10.3. The quantitative estimate of drug-likeness (QED) is 0.837. The number of carboxylic acids is 1. The van der Waals surface area contributed by atoms with Gasteiger partial charge in [-0.15, -0.1) is 11.3 Å². The summed E-state index contributed by atoms with van der Waals surface area (Å²) in [7, 11) is 0. The molecular formula is C11H16N2O3S. The second-order valence-electron chi connectivity index (χ2n) is 4.15. The molecule has 1 aromatic rings. The lowest BCUT2D eigenvalue weighted by molar-refractivity contribution is -0.136. The third kappa shape index (κ3) is 3.98. The van der Waals surface area contributed by atoms with Gasteiger partial charge in [-0.25, -0.2) is 4.98 Å². The SMILES string of the molecule is O=C(O)Cc1csc(NCC2CCOCC2)n1. The molecule has 5 nitrogen and oxygen atoms in total. The largest absolute Gasteiger partial charge is 0.481 e. The Kier molecular flexibility index (Phi) is 4.33. The van der Waals surface area contributed by atoms with E-state index in [-0.39, 0.29) is 6.42 Å². The Morgan fingerprint density at radius 3 is 3.06 bits per heavy atom. The normalized spacial score (nSPS) is 16.9. The van der Waals surface area contributed by atoms with Crippen LogP contribution in [-0.2, 0) is 16.0 Å². The monoisotopic (exact) mass is 256 g/mol. The molecule has 17 heavy (non-hydrogen) atoms. The molecule has 0 bridgehead atoms. The van der Waals surface area contributed by atoms with Gasteiger partial charge in [0.15, 0.2) is 5.13 Å². The number of thiazole rings is 1. The summed E-state index contributed by atoms with van der Waals surface area (Å²) in [4.78, 5) is 14.7. The van der Waals surface area contributed by atoms with Crippen molar-refractivity contribution in [1.82, 2.24) is 4.98 Å². The van der Waals surface area contributed by atoms with Gasteiger partial charge in [0.2, 0.25) is 0 Å². The fraction of sp³-hybridized carbons (Fsp3) is 0.636. The Bertz CT molecular complexity index is 375. The van der Waals surface area contributed by atoms with E-state index in [9.17, 15) is 4.79 Å². The number of nitrogens with one attached hydrogen (secondary N) is 1. The zero-order valence-electron chi connectivity index (χ0n) is 9.52. The smallest absolute Gasteiger partial charge is 0.309 e. The predicted molar refractivity (Wildman–Crippen MR) is 65.5 cm³/mol. The van der Waals surface area contributed by atoms with Gasteiger partial charge < -0.3 is 15.2 Å². The van der Waals surface area contributed by atoms with Crippen molar-refractivity contribution in [2.45, 2.75) is 19.3 Å². The number of anilines is 1. The standard InChI is InChI=1S/C11H16N2O3S/c14-10(15)5-9-7-17-11(13-9)12-6-8-1-3-16-4-2-8/h7-8H,1-6H2,(H,12,13)(H,14,15). The molecule has 0 radical (unpaired) electrons. The van der Waals surface area contributed by atoms with Gasteiger partial charge in [-0.3, -0.25) is 4.79 Å². The molecule has 1 fully saturated rings. The first-order valence-electron chi connectivity index (χ1n) is 5.72. The molecule has 0 aliphatic carbocycles. The minimum atomic E-state index is -0.841. The molecule has 94 valence electrons. The summed E-state index contributed by atoms with van der Waals surface area (Å²) in [5, 5.41) is 14.5. The van der Waals surface area contributed by atoms with Crippen LogP contribution in [0.1, 0.15) is 18.5 Å². The molecule has 0 saturated carbocycles. The minimum absolute atomic E-state index is 0.00452. The summed E-state index contributed by atoms with van der Waals surface area (Å²) >= 11 is 1.46. The van der Waals surface area contributed by atoms with Crippen LogP contribution in [0.25, 0.3) is 0 Å². The van der Waals surface area contributed by atoms with Crippen molar-refractivity contribution in [2.75, 3.05) is 25.1 Å². The van der Waals surface area contributed by atoms with E-state index in [0.29, 0.717) is 11.6 Å². The van der Waals surface area contributed by atoms with Crippen LogP contribution in [0.4, 0.5) is 5.13 Å². The Morgan fingerprint density at radius 2 is 2.35 bits per heavy atom. The van der Waals surface area contributed by atoms with Gasteiger partial charge in [-0.2, -0.15) is 0 Å². The maximum Gasteiger partial charge on any atom is 0.309 e. The molecule has 0 spiro atoms. The highest BCUT2D eigenvalue weighted by Crippen LogP contribution is 2.19. The predicted octanol–water partition coefficient (Wildman–Crippen LogP) is 1.61. The van der Waals surface area contributed by atoms with E-state index in [4.69, 9.17) is 9.84 Å². The van der Waals surface area contributed by atoms with Crippen molar-refractivity contribution in [3.05, 3.63) is 11.1 Å². The minimum Gasteiger partial charge on any atom is -0.481 e. The Labute approximate surface area is 104 Å². The van der Waals surface area contributed by atoms with Crippen LogP contribution in [0, 0.1) is 5.92 Å². The number of carboxylic acid groups (broad SMARTS) is 1. The van der Waals surface area contributed by atoms with Gasteiger partial charge in [0.25, 0.3) is 0 Å². The van der Waals surface area contributed by atoms with Gasteiger partial charge in [0.05, 0.1) is 12.1 Å².